The lowest BCUT2D eigenvalue weighted by Gasteiger charge is -2.05. The number of carbonyl (C=O) groups is 2. The summed E-state index contributed by atoms with van der Waals surface area (Å²) >= 11 is 4.22. The van der Waals surface area contributed by atoms with E-state index in [-0.39, 0.29) is 5.78 Å². The normalized spacial score (nSPS) is 10.0. The average Bonchev–Trinajstić information content (AvgIpc) is 2.47. The summed E-state index contributed by atoms with van der Waals surface area (Å²) in [5.41, 5.74) is 1.40. The van der Waals surface area contributed by atoms with Gasteiger partial charge >= 0.3 is 5.97 Å². The Morgan fingerprint density at radius 2 is 1.71 bits per heavy atom. The molecule has 0 aromatic heterocycles. The van der Waals surface area contributed by atoms with Gasteiger partial charge in [0.2, 0.25) is 0 Å². The number of carbonyl (C=O) groups excluding carboxylic acids is 2. The Morgan fingerprint density at radius 3 is 2.29 bits per heavy atom. The van der Waals surface area contributed by atoms with Crippen LogP contribution in [0.3, 0.4) is 0 Å². The molecule has 0 bridgehead atoms. The van der Waals surface area contributed by atoms with Gasteiger partial charge in [-0.3, -0.25) is 4.79 Å². The summed E-state index contributed by atoms with van der Waals surface area (Å²) in [5.74, 6) is -0.219. The SMILES string of the molecule is C=C(C)C(=O)Oc1ccc(C(=O)c2cccc(S)c2)cc1. The van der Waals surface area contributed by atoms with E-state index in [1.807, 2.05) is 0 Å². The maximum Gasteiger partial charge on any atom is 0.338 e. The van der Waals surface area contributed by atoms with E-state index in [0.717, 1.165) is 4.90 Å². The molecule has 106 valence electrons. The molecule has 0 N–H and O–H groups in total. The van der Waals surface area contributed by atoms with Crippen LogP contribution in [0.15, 0.2) is 65.6 Å². The van der Waals surface area contributed by atoms with Crippen LogP contribution < -0.4 is 4.74 Å². The molecule has 21 heavy (non-hydrogen) atoms. The molecule has 0 atom stereocenters. The third kappa shape index (κ3) is 3.83. The van der Waals surface area contributed by atoms with E-state index in [2.05, 4.69) is 19.2 Å². The maximum absolute atomic E-state index is 12.3. The zero-order valence-electron chi connectivity index (χ0n) is 11.5. The number of hydrogen-bond acceptors (Lipinski definition) is 4. The molecule has 4 heteroatoms. The highest BCUT2D eigenvalue weighted by molar-refractivity contribution is 7.80. The molecule has 0 aliphatic heterocycles. The Bertz CT molecular complexity index is 702. The summed E-state index contributed by atoms with van der Waals surface area (Å²) in [5, 5.41) is 0. The molecule has 3 nitrogen and oxygen atoms in total. The summed E-state index contributed by atoms with van der Waals surface area (Å²) in [6.45, 7) is 5.08. The van der Waals surface area contributed by atoms with Gasteiger partial charge in [-0.2, -0.15) is 0 Å². The molecule has 0 aliphatic carbocycles. The molecule has 0 radical (unpaired) electrons. The fraction of sp³-hybridized carbons (Fsp3) is 0.0588. The summed E-state index contributed by atoms with van der Waals surface area (Å²) in [7, 11) is 0. The molecule has 2 aromatic carbocycles. The molecule has 0 fully saturated rings. The molecule has 0 saturated heterocycles. The fourth-order valence-electron chi connectivity index (χ4n) is 1.68. The lowest BCUT2D eigenvalue weighted by Crippen LogP contribution is -2.08. The van der Waals surface area contributed by atoms with E-state index < -0.39 is 5.97 Å². The largest absolute Gasteiger partial charge is 0.423 e. The van der Waals surface area contributed by atoms with Crippen LogP contribution in [-0.4, -0.2) is 11.8 Å². The molecule has 0 saturated carbocycles. The van der Waals surface area contributed by atoms with Gasteiger partial charge in [-0.05, 0) is 43.3 Å². The van der Waals surface area contributed by atoms with Crippen molar-refractivity contribution in [2.24, 2.45) is 0 Å². The molecule has 0 heterocycles. The van der Waals surface area contributed by atoms with Crippen molar-refractivity contribution in [2.75, 3.05) is 0 Å². The second kappa shape index (κ2) is 6.41. The van der Waals surface area contributed by atoms with Gasteiger partial charge in [0.05, 0.1) is 0 Å². The van der Waals surface area contributed by atoms with Crippen molar-refractivity contribution in [1.82, 2.24) is 0 Å². The number of hydrogen-bond donors (Lipinski definition) is 1. The summed E-state index contributed by atoms with van der Waals surface area (Å²) < 4.78 is 5.07. The standard InChI is InChI=1S/C17H14O3S/c1-11(2)17(19)20-14-8-6-12(7-9-14)16(18)13-4-3-5-15(21)10-13/h3-10,21H,1H2,2H3. The fourth-order valence-corrected chi connectivity index (χ4v) is 1.91. The summed E-state index contributed by atoms with van der Waals surface area (Å²) in [6.07, 6.45) is 0. The molecule has 0 aliphatic rings. The highest BCUT2D eigenvalue weighted by Crippen LogP contribution is 2.17. The first kappa shape index (κ1) is 15.1. The second-order valence-electron chi connectivity index (χ2n) is 4.57. The minimum absolute atomic E-state index is 0.108. The lowest BCUT2D eigenvalue weighted by atomic mass is 10.0. The number of benzene rings is 2. The van der Waals surface area contributed by atoms with Crippen LogP contribution in [-0.2, 0) is 4.79 Å². The molecule has 2 rings (SSSR count). The van der Waals surface area contributed by atoms with Crippen molar-refractivity contribution in [3.63, 3.8) is 0 Å². The average molecular weight is 298 g/mol. The van der Waals surface area contributed by atoms with Crippen molar-refractivity contribution in [3.8, 4) is 5.75 Å². The van der Waals surface area contributed by atoms with Crippen LogP contribution in [0.25, 0.3) is 0 Å². The number of rotatable bonds is 4. The van der Waals surface area contributed by atoms with Crippen molar-refractivity contribution in [2.45, 2.75) is 11.8 Å². The number of ketones is 1. The van der Waals surface area contributed by atoms with Crippen LogP contribution in [0.5, 0.6) is 5.75 Å². The number of esters is 1. The van der Waals surface area contributed by atoms with E-state index in [9.17, 15) is 9.59 Å². The molecular formula is C17H14O3S. The van der Waals surface area contributed by atoms with Gasteiger partial charge in [0.25, 0.3) is 0 Å². The Hall–Kier alpha value is -2.33. The Morgan fingerprint density at radius 1 is 1.05 bits per heavy atom. The van der Waals surface area contributed by atoms with Crippen LogP contribution >= 0.6 is 12.6 Å². The molecule has 0 amide bonds. The van der Waals surface area contributed by atoms with Crippen molar-refractivity contribution >= 4 is 24.4 Å². The van der Waals surface area contributed by atoms with Gasteiger partial charge in [0.1, 0.15) is 5.75 Å². The first-order chi connectivity index (χ1) is 9.97. The molecule has 0 spiro atoms. The monoisotopic (exact) mass is 298 g/mol. The van der Waals surface area contributed by atoms with Crippen LogP contribution in [0, 0.1) is 0 Å². The zero-order valence-corrected chi connectivity index (χ0v) is 12.4. The second-order valence-corrected chi connectivity index (χ2v) is 5.09. The topological polar surface area (TPSA) is 43.4 Å². The van der Waals surface area contributed by atoms with E-state index in [0.29, 0.717) is 22.4 Å². The highest BCUT2D eigenvalue weighted by Gasteiger charge is 2.10. The van der Waals surface area contributed by atoms with Gasteiger partial charge < -0.3 is 4.74 Å². The first-order valence-electron chi connectivity index (χ1n) is 6.29. The van der Waals surface area contributed by atoms with Gasteiger partial charge in [0.15, 0.2) is 5.78 Å². The van der Waals surface area contributed by atoms with E-state index in [1.54, 1.807) is 55.5 Å². The van der Waals surface area contributed by atoms with Crippen LogP contribution in [0.1, 0.15) is 22.8 Å². The van der Waals surface area contributed by atoms with Gasteiger partial charge in [-0.1, -0.05) is 18.7 Å². The Kier molecular flexibility index (Phi) is 4.60. The molecule has 2 aromatic rings. The number of ether oxygens (including phenoxy) is 1. The lowest BCUT2D eigenvalue weighted by molar-refractivity contribution is -0.130. The molecule has 0 unspecified atom stereocenters. The van der Waals surface area contributed by atoms with Crippen molar-refractivity contribution in [1.29, 1.82) is 0 Å². The smallest absolute Gasteiger partial charge is 0.338 e. The minimum atomic E-state index is -0.489. The van der Waals surface area contributed by atoms with E-state index in [4.69, 9.17) is 4.74 Å². The maximum atomic E-state index is 12.3. The predicted molar refractivity (Wildman–Crippen MR) is 84.0 cm³/mol. The quantitative estimate of drug-likeness (QED) is 0.308. The Labute approximate surface area is 128 Å². The summed E-state index contributed by atoms with van der Waals surface area (Å²) in [6, 6.07) is 13.4. The van der Waals surface area contributed by atoms with Crippen LogP contribution in [0.2, 0.25) is 0 Å². The number of thiol groups is 1. The van der Waals surface area contributed by atoms with Gasteiger partial charge in [0, 0.05) is 21.6 Å². The summed E-state index contributed by atoms with van der Waals surface area (Å²) in [4.78, 5) is 24.4. The highest BCUT2D eigenvalue weighted by atomic mass is 32.1. The first-order valence-corrected chi connectivity index (χ1v) is 6.73. The Balaban J connectivity index is 2.17. The van der Waals surface area contributed by atoms with E-state index in [1.165, 1.54) is 0 Å². The van der Waals surface area contributed by atoms with Gasteiger partial charge in [-0.15, -0.1) is 12.6 Å². The van der Waals surface area contributed by atoms with Crippen molar-refractivity contribution in [3.05, 3.63) is 71.8 Å². The van der Waals surface area contributed by atoms with Crippen molar-refractivity contribution < 1.29 is 14.3 Å². The van der Waals surface area contributed by atoms with E-state index >= 15 is 0 Å². The third-order valence-electron chi connectivity index (χ3n) is 2.78. The minimum Gasteiger partial charge on any atom is -0.423 e. The van der Waals surface area contributed by atoms with Gasteiger partial charge in [-0.25, -0.2) is 4.79 Å². The predicted octanol–water partition coefficient (Wildman–Crippen LogP) is 3.69. The molecular weight excluding hydrogens is 284 g/mol. The third-order valence-corrected chi connectivity index (χ3v) is 3.06. The van der Waals surface area contributed by atoms with Crippen LogP contribution in [0.4, 0.5) is 0 Å². The zero-order chi connectivity index (χ0) is 15.4.